The fourth-order valence-corrected chi connectivity index (χ4v) is 2.35. The average molecular weight is 283 g/mol. The van der Waals surface area contributed by atoms with E-state index in [0.29, 0.717) is 29.4 Å². The van der Waals surface area contributed by atoms with Crippen molar-refractivity contribution < 1.29 is 9.59 Å². The molecule has 19 heavy (non-hydrogen) atoms. The first-order valence-electron chi connectivity index (χ1n) is 5.89. The Bertz CT molecular complexity index is 533. The highest BCUT2D eigenvalue weighted by Gasteiger charge is 2.21. The second-order valence-corrected chi connectivity index (χ2v) is 4.88. The molecule has 2 amide bonds. The van der Waals surface area contributed by atoms with Gasteiger partial charge in [0.05, 0.1) is 16.3 Å². The third-order valence-corrected chi connectivity index (χ3v) is 3.29. The van der Waals surface area contributed by atoms with Crippen LogP contribution in [-0.2, 0) is 4.79 Å². The quantitative estimate of drug-likeness (QED) is 0.610. The van der Waals surface area contributed by atoms with Gasteiger partial charge in [0.25, 0.3) is 5.91 Å². The third-order valence-electron chi connectivity index (χ3n) is 2.99. The van der Waals surface area contributed by atoms with Crippen LogP contribution in [-0.4, -0.2) is 24.4 Å². The van der Waals surface area contributed by atoms with Gasteiger partial charge in [0.15, 0.2) is 0 Å². The monoisotopic (exact) mass is 282 g/mol. The molecule has 0 spiro atoms. The van der Waals surface area contributed by atoms with Crippen molar-refractivity contribution >= 4 is 34.8 Å². The van der Waals surface area contributed by atoms with Crippen LogP contribution in [0, 0.1) is 0 Å². The Morgan fingerprint density at radius 3 is 2.84 bits per heavy atom. The van der Waals surface area contributed by atoms with Crippen molar-refractivity contribution in [3.8, 4) is 0 Å². The van der Waals surface area contributed by atoms with E-state index in [4.69, 9.17) is 23.1 Å². The lowest BCUT2D eigenvalue weighted by atomic mass is 10.1. The zero-order valence-electron chi connectivity index (χ0n) is 10.2. The lowest BCUT2D eigenvalue weighted by Crippen LogP contribution is -2.32. The Labute approximate surface area is 115 Å². The molecule has 1 aliphatic rings. The summed E-state index contributed by atoms with van der Waals surface area (Å²) in [5.74, 6) is -0.572. The van der Waals surface area contributed by atoms with E-state index in [1.54, 1.807) is 6.07 Å². The van der Waals surface area contributed by atoms with Crippen LogP contribution in [0.1, 0.15) is 23.2 Å². The number of halogens is 1. The summed E-state index contributed by atoms with van der Waals surface area (Å²) < 4.78 is 0. The van der Waals surface area contributed by atoms with Gasteiger partial charge in [-0.15, -0.1) is 0 Å². The minimum atomic E-state index is -0.604. The summed E-state index contributed by atoms with van der Waals surface area (Å²) in [6.45, 7) is 0.482. The molecule has 0 radical (unpaired) electrons. The van der Waals surface area contributed by atoms with Gasteiger partial charge in [-0.25, -0.2) is 0 Å². The molecule has 6 N–H and O–H groups in total. The summed E-state index contributed by atoms with van der Waals surface area (Å²) in [6.07, 6.45) is 1.27. The van der Waals surface area contributed by atoms with Gasteiger partial charge >= 0.3 is 0 Å². The standard InChI is InChI=1S/C12H15ClN4O2/c13-9-4-6(14)3-8(12(15)19)11(9)16-5-7-1-2-10(18)17-7/h3-4,7,16H,1-2,5,14H2,(H2,15,19)(H,17,18). The normalized spacial score (nSPS) is 18.2. The number of benzene rings is 1. The number of carbonyl (C=O) groups is 2. The van der Waals surface area contributed by atoms with Crippen molar-refractivity contribution in [2.75, 3.05) is 17.6 Å². The van der Waals surface area contributed by atoms with Gasteiger partial charge in [-0.2, -0.15) is 0 Å². The molecular weight excluding hydrogens is 268 g/mol. The van der Waals surface area contributed by atoms with Crippen molar-refractivity contribution in [1.29, 1.82) is 0 Å². The zero-order chi connectivity index (χ0) is 14.0. The zero-order valence-corrected chi connectivity index (χ0v) is 11.0. The lowest BCUT2D eigenvalue weighted by Gasteiger charge is -2.16. The predicted molar refractivity (Wildman–Crippen MR) is 74.0 cm³/mol. The van der Waals surface area contributed by atoms with Gasteiger partial charge < -0.3 is 22.1 Å². The Morgan fingerprint density at radius 1 is 1.53 bits per heavy atom. The van der Waals surface area contributed by atoms with E-state index in [9.17, 15) is 9.59 Å². The predicted octanol–water partition coefficient (Wildman–Crippen LogP) is 0.712. The fraction of sp³-hybridized carbons (Fsp3) is 0.333. The van der Waals surface area contributed by atoms with Crippen LogP contribution in [0.2, 0.25) is 5.02 Å². The van der Waals surface area contributed by atoms with Gasteiger partial charge in [0.1, 0.15) is 0 Å². The first-order valence-corrected chi connectivity index (χ1v) is 6.27. The second kappa shape index (κ2) is 5.36. The Balaban J connectivity index is 2.15. The van der Waals surface area contributed by atoms with Gasteiger partial charge in [0.2, 0.25) is 5.91 Å². The number of carbonyl (C=O) groups excluding carboxylic acids is 2. The largest absolute Gasteiger partial charge is 0.399 e. The number of rotatable bonds is 4. The minimum Gasteiger partial charge on any atom is -0.399 e. The van der Waals surface area contributed by atoms with E-state index in [-0.39, 0.29) is 17.5 Å². The maximum atomic E-state index is 11.4. The number of amides is 2. The summed E-state index contributed by atoms with van der Waals surface area (Å²) in [7, 11) is 0. The maximum absolute atomic E-state index is 11.4. The molecule has 1 saturated heterocycles. The molecule has 6 nitrogen and oxygen atoms in total. The van der Waals surface area contributed by atoms with Crippen LogP contribution in [0.15, 0.2) is 12.1 Å². The number of nitrogens with one attached hydrogen (secondary N) is 2. The number of hydrogen-bond donors (Lipinski definition) is 4. The van der Waals surface area contributed by atoms with Gasteiger partial charge in [-0.3, -0.25) is 9.59 Å². The summed E-state index contributed by atoms with van der Waals surface area (Å²) >= 11 is 6.06. The lowest BCUT2D eigenvalue weighted by molar-refractivity contribution is -0.119. The fourth-order valence-electron chi connectivity index (χ4n) is 2.06. The number of primary amides is 1. The number of nitrogen functional groups attached to an aromatic ring is 1. The third kappa shape index (κ3) is 3.08. The highest BCUT2D eigenvalue weighted by molar-refractivity contribution is 6.34. The topological polar surface area (TPSA) is 110 Å². The highest BCUT2D eigenvalue weighted by Crippen LogP contribution is 2.29. The van der Waals surface area contributed by atoms with Crippen LogP contribution in [0.3, 0.4) is 0 Å². The molecule has 0 bridgehead atoms. The van der Waals surface area contributed by atoms with Crippen LogP contribution < -0.4 is 22.1 Å². The number of anilines is 2. The van der Waals surface area contributed by atoms with Crippen molar-refractivity contribution in [3.05, 3.63) is 22.7 Å². The molecule has 1 heterocycles. The second-order valence-electron chi connectivity index (χ2n) is 4.47. The van der Waals surface area contributed by atoms with Crippen LogP contribution >= 0.6 is 11.6 Å². The molecule has 0 saturated carbocycles. The molecule has 1 aliphatic heterocycles. The summed E-state index contributed by atoms with van der Waals surface area (Å²) in [5, 5.41) is 6.20. The van der Waals surface area contributed by atoms with Crippen molar-refractivity contribution in [1.82, 2.24) is 5.32 Å². The van der Waals surface area contributed by atoms with Crippen LogP contribution in [0.25, 0.3) is 0 Å². The van der Waals surface area contributed by atoms with E-state index in [2.05, 4.69) is 10.6 Å². The Kier molecular flexibility index (Phi) is 3.80. The Morgan fingerprint density at radius 2 is 2.26 bits per heavy atom. The molecule has 7 heteroatoms. The SMILES string of the molecule is NC(=O)c1cc(N)cc(Cl)c1NCC1CCC(=O)N1. The van der Waals surface area contributed by atoms with Crippen molar-refractivity contribution in [2.45, 2.75) is 18.9 Å². The van der Waals surface area contributed by atoms with Crippen LogP contribution in [0.5, 0.6) is 0 Å². The smallest absolute Gasteiger partial charge is 0.250 e. The molecule has 1 unspecified atom stereocenters. The number of hydrogen-bond acceptors (Lipinski definition) is 4. The van der Waals surface area contributed by atoms with Gasteiger partial charge in [0, 0.05) is 24.7 Å². The molecule has 1 aromatic rings. The van der Waals surface area contributed by atoms with E-state index >= 15 is 0 Å². The van der Waals surface area contributed by atoms with Crippen LogP contribution in [0.4, 0.5) is 11.4 Å². The molecule has 1 atom stereocenters. The molecule has 1 fully saturated rings. The molecule has 1 aromatic carbocycles. The summed E-state index contributed by atoms with van der Waals surface area (Å²) in [6, 6.07) is 3.05. The molecular formula is C12H15ClN4O2. The molecule has 2 rings (SSSR count). The van der Waals surface area contributed by atoms with E-state index < -0.39 is 5.91 Å². The minimum absolute atomic E-state index is 0.0295. The van der Waals surface area contributed by atoms with Crippen molar-refractivity contribution in [2.24, 2.45) is 5.73 Å². The highest BCUT2D eigenvalue weighted by atomic mass is 35.5. The summed E-state index contributed by atoms with van der Waals surface area (Å²) in [5.41, 5.74) is 12.0. The molecule has 0 aliphatic carbocycles. The van der Waals surface area contributed by atoms with Gasteiger partial charge in [-0.05, 0) is 18.6 Å². The number of nitrogens with two attached hydrogens (primary N) is 2. The Hall–Kier alpha value is -1.95. The average Bonchev–Trinajstić information content (AvgIpc) is 2.73. The maximum Gasteiger partial charge on any atom is 0.250 e. The first-order chi connectivity index (χ1) is 8.97. The van der Waals surface area contributed by atoms with E-state index in [0.717, 1.165) is 6.42 Å². The summed E-state index contributed by atoms with van der Waals surface area (Å²) in [4.78, 5) is 22.5. The molecule has 0 aromatic heterocycles. The van der Waals surface area contributed by atoms with E-state index in [1.807, 2.05) is 0 Å². The van der Waals surface area contributed by atoms with Gasteiger partial charge in [-0.1, -0.05) is 11.6 Å². The van der Waals surface area contributed by atoms with E-state index in [1.165, 1.54) is 6.07 Å². The molecule has 102 valence electrons. The van der Waals surface area contributed by atoms with Crippen molar-refractivity contribution in [3.63, 3.8) is 0 Å². The first kappa shape index (κ1) is 13.5.